The summed E-state index contributed by atoms with van der Waals surface area (Å²) < 4.78 is 5.22. The maximum absolute atomic E-state index is 12.5. The summed E-state index contributed by atoms with van der Waals surface area (Å²) in [6.07, 6.45) is 9.16. The normalized spacial score (nSPS) is 30.5. The molecule has 0 unspecified atom stereocenters. The lowest BCUT2D eigenvalue weighted by Gasteiger charge is -2.54. The highest BCUT2D eigenvalue weighted by molar-refractivity contribution is 5.91. The number of furan rings is 1. The van der Waals surface area contributed by atoms with Gasteiger partial charge in [-0.1, -0.05) is 0 Å². The van der Waals surface area contributed by atoms with Gasteiger partial charge in [-0.2, -0.15) is 0 Å². The molecular formula is C23H28N6O4. The molecule has 10 heteroatoms. The van der Waals surface area contributed by atoms with E-state index in [9.17, 15) is 14.9 Å². The summed E-state index contributed by atoms with van der Waals surface area (Å²) in [6.45, 7) is 1.81. The molecule has 5 aliphatic rings. The van der Waals surface area contributed by atoms with Gasteiger partial charge in [0.1, 0.15) is 6.33 Å². The molecule has 0 spiro atoms. The Morgan fingerprint density at radius 2 is 1.76 bits per heavy atom. The molecule has 2 aromatic rings. The van der Waals surface area contributed by atoms with Gasteiger partial charge in [-0.05, 0) is 67.9 Å². The first-order valence-corrected chi connectivity index (χ1v) is 11.9. The van der Waals surface area contributed by atoms with Gasteiger partial charge in [-0.15, -0.1) is 0 Å². The number of nitrogens with zero attached hydrogens (tertiary/aromatic N) is 5. The van der Waals surface area contributed by atoms with Crippen LogP contribution in [0.1, 0.15) is 42.7 Å². The van der Waals surface area contributed by atoms with Crippen LogP contribution in [-0.2, 0) is 0 Å². The highest BCUT2D eigenvalue weighted by Gasteiger charge is 2.49. The lowest BCUT2D eigenvalue weighted by Crippen LogP contribution is -2.51. The molecule has 1 amide bonds. The van der Waals surface area contributed by atoms with Crippen molar-refractivity contribution in [3.05, 3.63) is 40.6 Å². The number of piperazine rings is 1. The molecule has 1 saturated heterocycles. The Morgan fingerprint density at radius 3 is 2.36 bits per heavy atom. The van der Waals surface area contributed by atoms with E-state index in [1.54, 1.807) is 17.0 Å². The second-order valence-electron chi connectivity index (χ2n) is 10.0. The average Bonchev–Trinajstić information content (AvgIpc) is 3.35. The summed E-state index contributed by atoms with van der Waals surface area (Å²) in [5.74, 6) is 3.62. The molecule has 4 saturated carbocycles. The molecule has 33 heavy (non-hydrogen) atoms. The van der Waals surface area contributed by atoms with Gasteiger partial charge in [0.25, 0.3) is 5.91 Å². The Morgan fingerprint density at radius 1 is 1.06 bits per heavy atom. The predicted molar refractivity (Wildman–Crippen MR) is 120 cm³/mol. The third-order valence-corrected chi connectivity index (χ3v) is 8.11. The lowest BCUT2D eigenvalue weighted by atomic mass is 9.54. The zero-order valence-electron chi connectivity index (χ0n) is 18.4. The van der Waals surface area contributed by atoms with E-state index in [0.29, 0.717) is 55.4 Å². The standard InChI is InChI=1S/C23H28N6O4/c30-23(18-2-1-7-33-18)28-5-3-27(4-6-28)22-20(29(31)32)21(24-13-25-22)26-19-16-9-14-8-15(11-16)12-17(19)10-14/h1-2,7,13-17,19H,3-6,8-12H2,(H,24,25,26). The summed E-state index contributed by atoms with van der Waals surface area (Å²) in [7, 11) is 0. The minimum atomic E-state index is -0.367. The summed E-state index contributed by atoms with van der Waals surface area (Å²) in [4.78, 5) is 36.5. The van der Waals surface area contributed by atoms with Crippen molar-refractivity contribution in [3.8, 4) is 0 Å². The third kappa shape index (κ3) is 3.61. The number of rotatable bonds is 5. The van der Waals surface area contributed by atoms with Crippen LogP contribution in [0.3, 0.4) is 0 Å². The van der Waals surface area contributed by atoms with Crippen LogP contribution < -0.4 is 10.2 Å². The van der Waals surface area contributed by atoms with Crippen LogP contribution in [0.2, 0.25) is 0 Å². The Kier molecular flexibility index (Phi) is 4.95. The first-order chi connectivity index (χ1) is 16.1. The number of nitrogens with one attached hydrogen (secondary N) is 1. The second kappa shape index (κ2) is 8.00. The summed E-state index contributed by atoms with van der Waals surface area (Å²) in [5.41, 5.74) is -0.0582. The van der Waals surface area contributed by atoms with Crippen molar-refractivity contribution in [3.63, 3.8) is 0 Å². The fraction of sp³-hybridized carbons (Fsp3) is 0.609. The molecule has 10 nitrogen and oxygen atoms in total. The van der Waals surface area contributed by atoms with E-state index in [-0.39, 0.29) is 22.6 Å². The first-order valence-electron chi connectivity index (χ1n) is 11.9. The summed E-state index contributed by atoms with van der Waals surface area (Å²) >= 11 is 0. The van der Waals surface area contributed by atoms with Crippen molar-refractivity contribution < 1.29 is 14.1 Å². The molecule has 7 rings (SSSR count). The molecule has 0 aromatic carbocycles. The molecule has 2 aromatic heterocycles. The van der Waals surface area contributed by atoms with Gasteiger partial charge in [0, 0.05) is 32.2 Å². The Labute approximate surface area is 191 Å². The smallest absolute Gasteiger partial charge is 0.353 e. The van der Waals surface area contributed by atoms with Gasteiger partial charge in [-0.25, -0.2) is 9.97 Å². The molecule has 4 bridgehead atoms. The third-order valence-electron chi connectivity index (χ3n) is 8.11. The van der Waals surface area contributed by atoms with Crippen molar-refractivity contribution in [2.24, 2.45) is 23.7 Å². The van der Waals surface area contributed by atoms with Crippen LogP contribution >= 0.6 is 0 Å². The minimum absolute atomic E-state index is 0.0582. The minimum Gasteiger partial charge on any atom is -0.459 e. The molecule has 1 N–H and O–H groups in total. The van der Waals surface area contributed by atoms with Gasteiger partial charge < -0.3 is 19.5 Å². The van der Waals surface area contributed by atoms with E-state index in [2.05, 4.69) is 15.3 Å². The van der Waals surface area contributed by atoms with E-state index >= 15 is 0 Å². The Bertz CT molecular complexity index is 1020. The topological polar surface area (TPSA) is 118 Å². The zero-order chi connectivity index (χ0) is 22.5. The summed E-state index contributed by atoms with van der Waals surface area (Å²) in [6, 6.07) is 3.58. The van der Waals surface area contributed by atoms with Crippen molar-refractivity contribution in [1.29, 1.82) is 0 Å². The van der Waals surface area contributed by atoms with E-state index in [1.165, 1.54) is 44.7 Å². The Balaban J connectivity index is 1.20. The summed E-state index contributed by atoms with van der Waals surface area (Å²) in [5, 5.41) is 15.6. The van der Waals surface area contributed by atoms with Gasteiger partial charge in [-0.3, -0.25) is 14.9 Å². The van der Waals surface area contributed by atoms with Gasteiger partial charge in [0.05, 0.1) is 11.2 Å². The molecular weight excluding hydrogens is 424 g/mol. The number of hydrogen-bond donors (Lipinski definition) is 1. The van der Waals surface area contributed by atoms with E-state index in [4.69, 9.17) is 4.42 Å². The van der Waals surface area contributed by atoms with E-state index in [1.807, 2.05) is 4.90 Å². The molecule has 5 fully saturated rings. The van der Waals surface area contributed by atoms with Gasteiger partial charge in [0.15, 0.2) is 5.76 Å². The predicted octanol–water partition coefficient (Wildman–Crippen LogP) is 3.18. The molecule has 0 radical (unpaired) electrons. The zero-order valence-corrected chi connectivity index (χ0v) is 18.4. The number of hydrogen-bond acceptors (Lipinski definition) is 8. The van der Waals surface area contributed by atoms with Crippen LogP contribution in [0.4, 0.5) is 17.3 Å². The number of nitro groups is 1. The largest absolute Gasteiger partial charge is 0.459 e. The maximum Gasteiger partial charge on any atom is 0.353 e. The molecule has 0 atom stereocenters. The van der Waals surface area contributed by atoms with Crippen LogP contribution in [0.5, 0.6) is 0 Å². The molecule has 1 aliphatic heterocycles. The van der Waals surface area contributed by atoms with Crippen LogP contribution in [0.25, 0.3) is 0 Å². The fourth-order valence-electron chi connectivity index (χ4n) is 6.87. The van der Waals surface area contributed by atoms with E-state index in [0.717, 1.165) is 11.8 Å². The average molecular weight is 453 g/mol. The highest BCUT2D eigenvalue weighted by Crippen LogP contribution is 2.54. The number of aromatic nitrogens is 2. The fourth-order valence-corrected chi connectivity index (χ4v) is 6.87. The van der Waals surface area contributed by atoms with Crippen molar-refractivity contribution in [2.45, 2.75) is 38.1 Å². The molecule has 4 aliphatic carbocycles. The number of carbonyl (C=O) groups is 1. The molecule has 3 heterocycles. The van der Waals surface area contributed by atoms with Crippen molar-refractivity contribution in [1.82, 2.24) is 14.9 Å². The number of carbonyl (C=O) groups excluding carboxylic acids is 1. The molecule has 174 valence electrons. The maximum atomic E-state index is 12.5. The van der Waals surface area contributed by atoms with Gasteiger partial charge in [0.2, 0.25) is 11.6 Å². The number of amides is 1. The van der Waals surface area contributed by atoms with Crippen molar-refractivity contribution in [2.75, 3.05) is 36.4 Å². The number of anilines is 2. The van der Waals surface area contributed by atoms with Crippen LogP contribution in [0, 0.1) is 33.8 Å². The van der Waals surface area contributed by atoms with Crippen molar-refractivity contribution >= 4 is 23.2 Å². The lowest BCUT2D eigenvalue weighted by molar-refractivity contribution is -0.383. The van der Waals surface area contributed by atoms with E-state index < -0.39 is 0 Å². The SMILES string of the molecule is O=C(c1ccco1)N1CCN(c2ncnc(NC3C4CC5CC(C4)CC3C5)c2[N+](=O)[O-])CC1. The Hall–Kier alpha value is -3.17. The van der Waals surface area contributed by atoms with Crippen LogP contribution in [-0.4, -0.2) is 57.9 Å². The highest BCUT2D eigenvalue weighted by atomic mass is 16.6. The first kappa shape index (κ1) is 20.4. The van der Waals surface area contributed by atoms with Gasteiger partial charge >= 0.3 is 5.69 Å². The van der Waals surface area contributed by atoms with Crippen LogP contribution in [0.15, 0.2) is 29.1 Å². The second-order valence-corrected chi connectivity index (χ2v) is 10.0. The monoisotopic (exact) mass is 452 g/mol. The quantitative estimate of drug-likeness (QED) is 0.543.